The number of rotatable bonds is 3. The highest BCUT2D eigenvalue weighted by Crippen LogP contribution is 2.33. The van der Waals surface area contributed by atoms with Gasteiger partial charge in [0.15, 0.2) is 0 Å². The molecule has 2 unspecified atom stereocenters. The van der Waals surface area contributed by atoms with Gasteiger partial charge in [-0.05, 0) is 30.9 Å². The topological polar surface area (TPSA) is 46.3 Å². The molecule has 0 aliphatic carbocycles. The van der Waals surface area contributed by atoms with Gasteiger partial charge in [0.05, 0.1) is 12.1 Å². The van der Waals surface area contributed by atoms with Gasteiger partial charge in [-0.15, -0.1) is 12.3 Å². The molecule has 3 nitrogen and oxygen atoms in total. The number of nitrogens with two attached hydrogens (primary N) is 1. The van der Waals surface area contributed by atoms with Crippen molar-refractivity contribution >= 4 is 5.91 Å². The van der Waals surface area contributed by atoms with Crippen LogP contribution < -0.4 is 5.73 Å². The van der Waals surface area contributed by atoms with E-state index in [1.54, 1.807) is 0 Å². The maximum absolute atomic E-state index is 12.3. The molecular weight excluding hydrogens is 236 g/mol. The molecule has 1 aromatic rings. The molecule has 0 aromatic heterocycles. The summed E-state index contributed by atoms with van der Waals surface area (Å²) in [5.74, 6) is 2.44. The maximum Gasteiger partial charge on any atom is 0.240 e. The zero-order valence-corrected chi connectivity index (χ0v) is 11.3. The molecule has 0 spiro atoms. The smallest absolute Gasteiger partial charge is 0.240 e. The number of aryl methyl sites for hydroxylation is 1. The van der Waals surface area contributed by atoms with Crippen LogP contribution in [0.1, 0.15) is 36.4 Å². The van der Waals surface area contributed by atoms with Crippen molar-refractivity contribution in [3.63, 3.8) is 0 Å². The number of amides is 1. The molecular formula is C16H20N2O. The van der Waals surface area contributed by atoms with Crippen LogP contribution in [0.4, 0.5) is 0 Å². The second-order valence-electron chi connectivity index (χ2n) is 5.06. The highest BCUT2D eigenvalue weighted by molar-refractivity contribution is 5.82. The van der Waals surface area contributed by atoms with E-state index < -0.39 is 6.04 Å². The standard InChI is InChI=1S/C16H20N2O/c1-3-7-14(17)16(19)18-11-6-10-15(18)13-9-5-4-8-12(13)2/h1,4-5,8-9,14-15H,6-7,10-11,17H2,2H3. The summed E-state index contributed by atoms with van der Waals surface area (Å²) in [7, 11) is 0. The normalized spacial score (nSPS) is 20.1. The van der Waals surface area contributed by atoms with Crippen LogP contribution in [0.5, 0.6) is 0 Å². The Kier molecular flexibility index (Phi) is 4.24. The number of hydrogen-bond acceptors (Lipinski definition) is 2. The van der Waals surface area contributed by atoms with Crippen LogP contribution in [-0.4, -0.2) is 23.4 Å². The Bertz CT molecular complexity index is 504. The number of benzene rings is 1. The van der Waals surface area contributed by atoms with Crippen molar-refractivity contribution in [1.82, 2.24) is 4.90 Å². The summed E-state index contributed by atoms with van der Waals surface area (Å²) in [5, 5.41) is 0. The Labute approximate surface area is 114 Å². The van der Waals surface area contributed by atoms with Crippen LogP contribution in [0.15, 0.2) is 24.3 Å². The molecule has 2 N–H and O–H groups in total. The van der Waals surface area contributed by atoms with Gasteiger partial charge in [-0.3, -0.25) is 4.79 Å². The molecule has 0 saturated carbocycles. The third-order valence-electron chi connectivity index (χ3n) is 3.74. The number of carbonyl (C=O) groups excluding carboxylic acids is 1. The molecule has 1 amide bonds. The summed E-state index contributed by atoms with van der Waals surface area (Å²) in [6.07, 6.45) is 7.56. The molecule has 2 rings (SSSR count). The van der Waals surface area contributed by atoms with Gasteiger partial charge in [0, 0.05) is 13.0 Å². The van der Waals surface area contributed by atoms with Gasteiger partial charge < -0.3 is 10.6 Å². The highest BCUT2D eigenvalue weighted by Gasteiger charge is 2.32. The van der Waals surface area contributed by atoms with Crippen LogP contribution in [0, 0.1) is 19.3 Å². The van der Waals surface area contributed by atoms with Crippen molar-refractivity contribution < 1.29 is 4.79 Å². The average molecular weight is 256 g/mol. The number of terminal acetylenes is 1. The lowest BCUT2D eigenvalue weighted by Crippen LogP contribution is -2.43. The van der Waals surface area contributed by atoms with E-state index in [2.05, 4.69) is 25.0 Å². The molecule has 1 aromatic carbocycles. The SMILES string of the molecule is C#CCC(N)C(=O)N1CCCC1c1ccccc1C. The average Bonchev–Trinajstić information content (AvgIpc) is 2.87. The van der Waals surface area contributed by atoms with Crippen molar-refractivity contribution in [2.24, 2.45) is 5.73 Å². The lowest BCUT2D eigenvalue weighted by Gasteiger charge is -2.28. The molecule has 1 aliphatic rings. The molecule has 1 saturated heterocycles. The van der Waals surface area contributed by atoms with Gasteiger partial charge in [-0.25, -0.2) is 0 Å². The monoisotopic (exact) mass is 256 g/mol. The first-order valence-corrected chi connectivity index (χ1v) is 6.70. The number of hydrogen-bond donors (Lipinski definition) is 1. The molecule has 2 atom stereocenters. The lowest BCUT2D eigenvalue weighted by atomic mass is 9.99. The summed E-state index contributed by atoms with van der Waals surface area (Å²) in [5.41, 5.74) is 8.30. The van der Waals surface area contributed by atoms with E-state index in [0.717, 1.165) is 19.4 Å². The fourth-order valence-corrected chi connectivity index (χ4v) is 2.74. The van der Waals surface area contributed by atoms with Gasteiger partial charge in [0.1, 0.15) is 0 Å². The fourth-order valence-electron chi connectivity index (χ4n) is 2.74. The minimum atomic E-state index is -0.574. The van der Waals surface area contributed by atoms with Crippen molar-refractivity contribution in [2.75, 3.05) is 6.54 Å². The molecule has 3 heteroatoms. The minimum absolute atomic E-state index is 0.0243. The number of likely N-dealkylation sites (tertiary alicyclic amines) is 1. The van der Waals surface area contributed by atoms with Crippen molar-refractivity contribution in [3.8, 4) is 12.3 Å². The highest BCUT2D eigenvalue weighted by atomic mass is 16.2. The third-order valence-corrected chi connectivity index (χ3v) is 3.74. The van der Waals surface area contributed by atoms with E-state index in [1.165, 1.54) is 11.1 Å². The molecule has 0 bridgehead atoms. The van der Waals surface area contributed by atoms with Crippen molar-refractivity contribution in [2.45, 2.75) is 38.3 Å². The van der Waals surface area contributed by atoms with Crippen LogP contribution in [0.2, 0.25) is 0 Å². The summed E-state index contributed by atoms with van der Waals surface area (Å²) < 4.78 is 0. The molecule has 100 valence electrons. The summed E-state index contributed by atoms with van der Waals surface area (Å²) in [4.78, 5) is 14.2. The number of carbonyl (C=O) groups is 1. The van der Waals surface area contributed by atoms with E-state index in [1.807, 2.05) is 17.0 Å². The minimum Gasteiger partial charge on any atom is -0.334 e. The third kappa shape index (κ3) is 2.80. The van der Waals surface area contributed by atoms with E-state index in [4.69, 9.17) is 12.2 Å². The Balaban J connectivity index is 2.20. The first-order chi connectivity index (χ1) is 9.15. The zero-order chi connectivity index (χ0) is 13.8. The molecule has 19 heavy (non-hydrogen) atoms. The van der Waals surface area contributed by atoms with E-state index in [0.29, 0.717) is 6.42 Å². The zero-order valence-electron chi connectivity index (χ0n) is 11.3. The Morgan fingerprint density at radius 3 is 3.00 bits per heavy atom. The second-order valence-corrected chi connectivity index (χ2v) is 5.06. The summed E-state index contributed by atoms with van der Waals surface area (Å²) in [6.45, 7) is 2.85. The van der Waals surface area contributed by atoms with Gasteiger partial charge in [0.25, 0.3) is 0 Å². The first-order valence-electron chi connectivity index (χ1n) is 6.70. The van der Waals surface area contributed by atoms with E-state index in [-0.39, 0.29) is 11.9 Å². The van der Waals surface area contributed by atoms with Gasteiger partial charge in [0.2, 0.25) is 5.91 Å². The summed E-state index contributed by atoms with van der Waals surface area (Å²) in [6, 6.07) is 7.79. The van der Waals surface area contributed by atoms with Crippen LogP contribution in [0.25, 0.3) is 0 Å². The fraction of sp³-hybridized carbons (Fsp3) is 0.438. The second kappa shape index (κ2) is 5.90. The van der Waals surface area contributed by atoms with Gasteiger partial charge >= 0.3 is 0 Å². The van der Waals surface area contributed by atoms with Crippen LogP contribution in [0.3, 0.4) is 0 Å². The van der Waals surface area contributed by atoms with Crippen LogP contribution >= 0.6 is 0 Å². The maximum atomic E-state index is 12.3. The number of nitrogens with zero attached hydrogens (tertiary/aromatic N) is 1. The summed E-state index contributed by atoms with van der Waals surface area (Å²) >= 11 is 0. The molecule has 1 aliphatic heterocycles. The molecule has 0 radical (unpaired) electrons. The van der Waals surface area contributed by atoms with E-state index >= 15 is 0 Å². The van der Waals surface area contributed by atoms with Crippen molar-refractivity contribution in [3.05, 3.63) is 35.4 Å². The van der Waals surface area contributed by atoms with Crippen molar-refractivity contribution in [1.29, 1.82) is 0 Å². The molecule has 1 heterocycles. The van der Waals surface area contributed by atoms with Crippen LogP contribution in [-0.2, 0) is 4.79 Å². The Hall–Kier alpha value is -1.79. The molecule has 1 fully saturated rings. The lowest BCUT2D eigenvalue weighted by molar-refractivity contribution is -0.133. The quantitative estimate of drug-likeness (QED) is 0.841. The van der Waals surface area contributed by atoms with E-state index in [9.17, 15) is 4.79 Å². The predicted octanol–water partition coefficient (Wildman–Crippen LogP) is 2.01. The largest absolute Gasteiger partial charge is 0.334 e. The Morgan fingerprint density at radius 1 is 1.58 bits per heavy atom. The Morgan fingerprint density at radius 2 is 2.32 bits per heavy atom. The predicted molar refractivity (Wildman–Crippen MR) is 76.3 cm³/mol. The van der Waals surface area contributed by atoms with Gasteiger partial charge in [-0.2, -0.15) is 0 Å². The first kappa shape index (κ1) is 13.6. The van der Waals surface area contributed by atoms with Gasteiger partial charge in [-0.1, -0.05) is 24.3 Å².